The van der Waals surface area contributed by atoms with E-state index in [0.29, 0.717) is 12.0 Å². The number of hydrogen-bond acceptors (Lipinski definition) is 9. The number of hydrogen-bond donors (Lipinski definition) is 2. The molecular formula is C30H47NO9. The zero-order chi connectivity index (χ0) is 30.7. The molecule has 1 rings (SSSR count). The van der Waals surface area contributed by atoms with Crippen molar-refractivity contribution < 1.29 is 43.2 Å². The fourth-order valence-electron chi connectivity index (χ4n) is 3.51. The average Bonchev–Trinajstić information content (AvgIpc) is 2.83. The fourth-order valence-corrected chi connectivity index (χ4v) is 3.51. The highest BCUT2D eigenvalue weighted by molar-refractivity contribution is 5.81. The molecule has 0 saturated carbocycles. The summed E-state index contributed by atoms with van der Waals surface area (Å²) in [5.41, 5.74) is -2.74. The van der Waals surface area contributed by atoms with Crippen LogP contribution in [0.15, 0.2) is 18.2 Å². The summed E-state index contributed by atoms with van der Waals surface area (Å²) in [6.45, 7) is 16.3. The third-order valence-electron chi connectivity index (χ3n) is 6.42. The van der Waals surface area contributed by atoms with E-state index >= 15 is 0 Å². The summed E-state index contributed by atoms with van der Waals surface area (Å²) in [7, 11) is 0. The van der Waals surface area contributed by atoms with Gasteiger partial charge in [-0.25, -0.2) is 9.59 Å². The van der Waals surface area contributed by atoms with Crippen LogP contribution in [0.1, 0.15) is 100.0 Å². The lowest BCUT2D eigenvalue weighted by molar-refractivity contribution is -0.169. The molecule has 0 aliphatic heterocycles. The van der Waals surface area contributed by atoms with Crippen molar-refractivity contribution in [2.75, 3.05) is 0 Å². The first-order valence-corrected chi connectivity index (χ1v) is 14.0. The van der Waals surface area contributed by atoms with E-state index < -0.39 is 35.4 Å². The van der Waals surface area contributed by atoms with Gasteiger partial charge in [-0.1, -0.05) is 53.5 Å². The van der Waals surface area contributed by atoms with Crippen LogP contribution in [0.2, 0.25) is 0 Å². The Bertz CT molecular complexity index is 1020. The predicted molar refractivity (Wildman–Crippen MR) is 150 cm³/mol. The summed E-state index contributed by atoms with van der Waals surface area (Å²) in [6.07, 6.45) is 0.973. The fraction of sp³-hybridized carbons (Fsp3) is 0.667. The number of carbonyl (C=O) groups is 4. The van der Waals surface area contributed by atoms with Gasteiger partial charge >= 0.3 is 24.1 Å². The Morgan fingerprint density at radius 2 is 1.35 bits per heavy atom. The molecule has 0 saturated heterocycles. The molecule has 0 radical (unpaired) electrons. The summed E-state index contributed by atoms with van der Waals surface area (Å²) in [5, 5.41) is 13.1. The lowest BCUT2D eigenvalue weighted by atomic mass is 10.00. The number of carboxylic acid groups (broad SMARTS) is 1. The van der Waals surface area contributed by atoms with Gasteiger partial charge < -0.3 is 24.1 Å². The van der Waals surface area contributed by atoms with E-state index in [9.17, 15) is 24.3 Å². The molecular weight excluding hydrogens is 518 g/mol. The Morgan fingerprint density at radius 1 is 0.825 bits per heavy atom. The SMILES string of the molecule is CCC(C)CC(=O)Oc1ccc(C[C@](NC(C)CC)(OC(=O)OC(C)(C)C)C(=O)O)cc1OC(=O)CC(C)CC. The van der Waals surface area contributed by atoms with Crippen LogP contribution in [0.4, 0.5) is 4.79 Å². The van der Waals surface area contributed by atoms with Gasteiger partial charge in [-0.05, 0) is 63.6 Å². The normalized spacial score (nSPS) is 15.2. The first-order valence-electron chi connectivity index (χ1n) is 14.0. The van der Waals surface area contributed by atoms with Gasteiger partial charge in [-0.15, -0.1) is 0 Å². The van der Waals surface area contributed by atoms with Crippen molar-refractivity contribution in [2.24, 2.45) is 11.8 Å². The van der Waals surface area contributed by atoms with Gasteiger partial charge in [0.15, 0.2) is 11.5 Å². The third-order valence-corrected chi connectivity index (χ3v) is 6.42. The first-order chi connectivity index (χ1) is 18.5. The monoisotopic (exact) mass is 565 g/mol. The Morgan fingerprint density at radius 3 is 1.80 bits per heavy atom. The Kier molecular flexibility index (Phi) is 13.6. The highest BCUT2D eigenvalue weighted by Gasteiger charge is 2.45. The molecule has 0 aliphatic carbocycles. The van der Waals surface area contributed by atoms with Gasteiger partial charge in [0.1, 0.15) is 5.60 Å². The quantitative estimate of drug-likeness (QED) is 0.147. The standard InChI is InChI=1S/C30H47NO9/c1-10-19(4)15-25(32)37-23-14-13-22(17-24(23)38-26(33)16-20(5)11-2)18-30(27(34)35,31-21(6)12-3)40-28(36)39-29(7,8)9/h13-14,17,19-21,31H,10-12,15-16,18H2,1-9H3,(H,34,35)/t19?,20?,21?,30-/m0/s1. The summed E-state index contributed by atoms with van der Waals surface area (Å²) < 4.78 is 21.8. The predicted octanol–water partition coefficient (Wildman–Crippen LogP) is 6.03. The number of carbonyl (C=O) groups excluding carboxylic acids is 3. The Hall–Kier alpha value is -3.14. The van der Waals surface area contributed by atoms with E-state index in [1.165, 1.54) is 18.2 Å². The summed E-state index contributed by atoms with van der Waals surface area (Å²) >= 11 is 0. The molecule has 0 bridgehead atoms. The highest BCUT2D eigenvalue weighted by atomic mass is 16.8. The molecule has 0 fully saturated rings. The summed E-state index contributed by atoms with van der Waals surface area (Å²) in [6, 6.07) is 4.06. The maximum atomic E-state index is 12.7. The van der Waals surface area contributed by atoms with Crippen molar-refractivity contribution in [2.45, 2.75) is 118 Å². The maximum absolute atomic E-state index is 12.7. The van der Waals surface area contributed by atoms with E-state index in [0.717, 1.165) is 12.8 Å². The van der Waals surface area contributed by atoms with Crippen molar-refractivity contribution in [1.82, 2.24) is 5.32 Å². The minimum atomic E-state index is -2.19. The van der Waals surface area contributed by atoms with Crippen LogP contribution in [0.25, 0.3) is 0 Å². The van der Waals surface area contributed by atoms with Gasteiger partial charge in [0.25, 0.3) is 5.72 Å². The Labute approximate surface area is 238 Å². The third kappa shape index (κ3) is 11.9. The second-order valence-electron chi connectivity index (χ2n) is 11.5. The second-order valence-corrected chi connectivity index (χ2v) is 11.5. The van der Waals surface area contributed by atoms with Gasteiger partial charge in [-0.3, -0.25) is 14.9 Å². The van der Waals surface area contributed by atoms with Crippen LogP contribution in [-0.2, 0) is 30.3 Å². The molecule has 3 unspecified atom stereocenters. The summed E-state index contributed by atoms with van der Waals surface area (Å²) in [5.74, 6) is -2.23. The number of benzene rings is 1. The van der Waals surface area contributed by atoms with E-state index in [1.807, 2.05) is 34.6 Å². The van der Waals surface area contributed by atoms with Crippen molar-refractivity contribution in [1.29, 1.82) is 0 Å². The van der Waals surface area contributed by atoms with Crippen LogP contribution >= 0.6 is 0 Å². The largest absolute Gasteiger partial charge is 0.511 e. The molecule has 0 aliphatic rings. The van der Waals surface area contributed by atoms with E-state index in [1.54, 1.807) is 27.7 Å². The van der Waals surface area contributed by atoms with Crippen LogP contribution in [0.5, 0.6) is 11.5 Å². The molecule has 4 atom stereocenters. The molecule has 0 heterocycles. The Balaban J connectivity index is 3.48. The molecule has 10 heteroatoms. The second kappa shape index (κ2) is 15.6. The van der Waals surface area contributed by atoms with E-state index in [-0.39, 0.29) is 48.6 Å². The molecule has 0 amide bonds. The van der Waals surface area contributed by atoms with E-state index in [4.69, 9.17) is 18.9 Å². The van der Waals surface area contributed by atoms with Crippen molar-refractivity contribution in [3.8, 4) is 11.5 Å². The molecule has 10 nitrogen and oxygen atoms in total. The van der Waals surface area contributed by atoms with Crippen LogP contribution in [0, 0.1) is 11.8 Å². The summed E-state index contributed by atoms with van der Waals surface area (Å²) in [4.78, 5) is 50.4. The van der Waals surface area contributed by atoms with Crippen molar-refractivity contribution in [3.63, 3.8) is 0 Å². The number of carboxylic acids is 1. The van der Waals surface area contributed by atoms with Gasteiger partial charge in [0, 0.05) is 25.3 Å². The van der Waals surface area contributed by atoms with Crippen LogP contribution in [-0.4, -0.2) is 46.5 Å². The molecule has 40 heavy (non-hydrogen) atoms. The average molecular weight is 566 g/mol. The smallest absolute Gasteiger partial charge is 0.477 e. The van der Waals surface area contributed by atoms with Crippen molar-refractivity contribution >= 4 is 24.1 Å². The van der Waals surface area contributed by atoms with Crippen LogP contribution < -0.4 is 14.8 Å². The van der Waals surface area contributed by atoms with Crippen LogP contribution in [0.3, 0.4) is 0 Å². The minimum Gasteiger partial charge on any atom is -0.477 e. The maximum Gasteiger partial charge on any atom is 0.511 e. The molecule has 2 N–H and O–H groups in total. The topological polar surface area (TPSA) is 137 Å². The van der Waals surface area contributed by atoms with Gasteiger partial charge in [-0.2, -0.15) is 0 Å². The number of rotatable bonds is 15. The molecule has 0 spiro atoms. The number of nitrogens with one attached hydrogen (secondary N) is 1. The zero-order valence-electron chi connectivity index (χ0n) is 25.4. The molecule has 1 aromatic rings. The lowest BCUT2D eigenvalue weighted by Gasteiger charge is -2.33. The number of esters is 2. The minimum absolute atomic E-state index is 0.0246. The highest BCUT2D eigenvalue weighted by Crippen LogP contribution is 2.32. The first kappa shape index (κ1) is 34.9. The molecule has 1 aromatic carbocycles. The van der Waals surface area contributed by atoms with E-state index in [2.05, 4.69) is 5.32 Å². The van der Waals surface area contributed by atoms with Gasteiger partial charge in [0.05, 0.1) is 0 Å². The van der Waals surface area contributed by atoms with Gasteiger partial charge in [0.2, 0.25) is 0 Å². The molecule has 226 valence electrons. The lowest BCUT2D eigenvalue weighted by Crippen LogP contribution is -2.60. The van der Waals surface area contributed by atoms with Crippen molar-refractivity contribution in [3.05, 3.63) is 23.8 Å². The number of aliphatic carboxylic acids is 1. The zero-order valence-corrected chi connectivity index (χ0v) is 25.4. The molecule has 0 aromatic heterocycles. The number of ether oxygens (including phenoxy) is 4.